The van der Waals surface area contributed by atoms with Gasteiger partial charge in [0.1, 0.15) is 0 Å². The molecular formula is C16H22Cl2N2O2. The summed E-state index contributed by atoms with van der Waals surface area (Å²) in [6.07, 6.45) is 3.01. The van der Waals surface area contributed by atoms with Gasteiger partial charge < -0.3 is 10.0 Å². The molecular weight excluding hydrogens is 323 g/mol. The fraction of sp³-hybridized carbons (Fsp3) is 0.438. The van der Waals surface area contributed by atoms with Crippen LogP contribution in [0.3, 0.4) is 0 Å². The Kier molecular flexibility index (Phi) is 7.90. The number of halogens is 2. The van der Waals surface area contributed by atoms with Crippen molar-refractivity contribution in [2.24, 2.45) is 0 Å². The summed E-state index contributed by atoms with van der Waals surface area (Å²) in [6, 6.07) is 7.45. The number of benzene rings is 1. The van der Waals surface area contributed by atoms with Crippen LogP contribution in [0.2, 0.25) is 5.02 Å². The van der Waals surface area contributed by atoms with E-state index in [-0.39, 0.29) is 24.4 Å². The van der Waals surface area contributed by atoms with Gasteiger partial charge in [0.15, 0.2) is 0 Å². The predicted molar refractivity (Wildman–Crippen MR) is 92.4 cm³/mol. The van der Waals surface area contributed by atoms with E-state index in [2.05, 4.69) is 4.90 Å². The molecule has 1 atom stereocenters. The Labute approximate surface area is 142 Å². The first-order valence-electron chi connectivity index (χ1n) is 7.18. The van der Waals surface area contributed by atoms with Crippen LogP contribution in [0.15, 0.2) is 30.3 Å². The first-order chi connectivity index (χ1) is 10.1. The molecule has 2 rings (SSSR count). The largest absolute Gasteiger partial charge is 0.392 e. The summed E-state index contributed by atoms with van der Waals surface area (Å²) in [5.74, 6) is 0.00613. The molecule has 1 N–H and O–H groups in total. The highest BCUT2D eigenvalue weighted by Gasteiger charge is 2.20. The van der Waals surface area contributed by atoms with Crippen LogP contribution in [0.25, 0.3) is 6.08 Å². The van der Waals surface area contributed by atoms with Crippen molar-refractivity contribution in [1.29, 1.82) is 0 Å². The molecule has 0 bridgehead atoms. The molecule has 0 spiro atoms. The van der Waals surface area contributed by atoms with Crippen LogP contribution >= 0.6 is 24.0 Å². The molecule has 0 aliphatic carbocycles. The van der Waals surface area contributed by atoms with E-state index >= 15 is 0 Å². The van der Waals surface area contributed by atoms with Crippen molar-refractivity contribution in [1.82, 2.24) is 9.80 Å². The Balaban J connectivity index is 0.00000242. The van der Waals surface area contributed by atoms with E-state index in [4.69, 9.17) is 11.6 Å². The van der Waals surface area contributed by atoms with Crippen LogP contribution in [0.1, 0.15) is 12.5 Å². The number of hydrogen-bond acceptors (Lipinski definition) is 3. The van der Waals surface area contributed by atoms with Crippen molar-refractivity contribution in [3.05, 3.63) is 40.9 Å². The maximum absolute atomic E-state index is 12.1. The fourth-order valence-corrected chi connectivity index (χ4v) is 2.60. The number of piperazine rings is 1. The van der Waals surface area contributed by atoms with E-state index in [0.717, 1.165) is 18.7 Å². The highest BCUT2D eigenvalue weighted by atomic mass is 35.5. The topological polar surface area (TPSA) is 43.8 Å². The molecule has 1 aromatic rings. The molecule has 0 saturated carbocycles. The van der Waals surface area contributed by atoms with E-state index in [9.17, 15) is 9.90 Å². The number of carbonyl (C=O) groups is 1. The molecule has 1 aromatic carbocycles. The first kappa shape index (κ1) is 19.0. The van der Waals surface area contributed by atoms with Crippen LogP contribution in [-0.2, 0) is 4.79 Å². The van der Waals surface area contributed by atoms with Gasteiger partial charge in [-0.1, -0.05) is 29.8 Å². The zero-order chi connectivity index (χ0) is 15.2. The predicted octanol–water partition coefficient (Wildman–Crippen LogP) is 2.30. The van der Waals surface area contributed by atoms with Crippen molar-refractivity contribution in [3.8, 4) is 0 Å². The monoisotopic (exact) mass is 344 g/mol. The summed E-state index contributed by atoms with van der Waals surface area (Å²) in [4.78, 5) is 16.1. The second-order valence-corrected chi connectivity index (χ2v) is 5.74. The maximum Gasteiger partial charge on any atom is 0.246 e. The minimum absolute atomic E-state index is 0. The lowest BCUT2D eigenvalue weighted by Crippen LogP contribution is -2.49. The first-order valence-corrected chi connectivity index (χ1v) is 7.56. The molecule has 6 heteroatoms. The minimum atomic E-state index is -0.327. The van der Waals surface area contributed by atoms with Crippen molar-refractivity contribution in [3.63, 3.8) is 0 Å². The zero-order valence-electron chi connectivity index (χ0n) is 12.6. The highest BCUT2D eigenvalue weighted by molar-refractivity contribution is 6.32. The molecule has 1 unspecified atom stereocenters. The second kappa shape index (κ2) is 9.16. The van der Waals surface area contributed by atoms with Crippen LogP contribution in [0, 0.1) is 0 Å². The average Bonchev–Trinajstić information content (AvgIpc) is 2.46. The third kappa shape index (κ3) is 5.61. The van der Waals surface area contributed by atoms with E-state index in [1.54, 1.807) is 25.1 Å². The second-order valence-electron chi connectivity index (χ2n) is 5.33. The number of aliphatic hydroxyl groups excluding tert-OH is 1. The van der Waals surface area contributed by atoms with Crippen LogP contribution in [0.5, 0.6) is 0 Å². The van der Waals surface area contributed by atoms with E-state index in [1.165, 1.54) is 0 Å². The summed E-state index contributed by atoms with van der Waals surface area (Å²) in [6.45, 7) is 5.44. The van der Waals surface area contributed by atoms with E-state index in [0.29, 0.717) is 24.7 Å². The summed E-state index contributed by atoms with van der Waals surface area (Å²) in [5.41, 5.74) is 0.847. The summed E-state index contributed by atoms with van der Waals surface area (Å²) < 4.78 is 0. The number of aliphatic hydroxyl groups is 1. The quantitative estimate of drug-likeness (QED) is 0.852. The lowest BCUT2D eigenvalue weighted by Gasteiger charge is -2.34. The number of β-amino-alcohol motifs (C(OH)–C–C–N with tert-alkyl or cyclic N) is 1. The van der Waals surface area contributed by atoms with Crippen LogP contribution in [0.4, 0.5) is 0 Å². The van der Waals surface area contributed by atoms with Gasteiger partial charge in [0, 0.05) is 43.8 Å². The number of hydrogen-bond donors (Lipinski definition) is 1. The van der Waals surface area contributed by atoms with Gasteiger partial charge in [-0.15, -0.1) is 12.4 Å². The van der Waals surface area contributed by atoms with Crippen LogP contribution < -0.4 is 0 Å². The van der Waals surface area contributed by atoms with E-state index < -0.39 is 0 Å². The third-order valence-electron chi connectivity index (χ3n) is 3.52. The maximum atomic E-state index is 12.1. The Morgan fingerprint density at radius 3 is 2.55 bits per heavy atom. The van der Waals surface area contributed by atoms with Crippen molar-refractivity contribution in [2.45, 2.75) is 13.0 Å². The molecule has 122 valence electrons. The minimum Gasteiger partial charge on any atom is -0.392 e. The smallest absolute Gasteiger partial charge is 0.246 e. The van der Waals surface area contributed by atoms with Gasteiger partial charge >= 0.3 is 0 Å². The fourth-order valence-electron chi connectivity index (χ4n) is 2.40. The molecule has 22 heavy (non-hydrogen) atoms. The molecule has 1 aliphatic rings. The molecule has 1 saturated heterocycles. The third-order valence-corrected chi connectivity index (χ3v) is 3.86. The van der Waals surface area contributed by atoms with Gasteiger partial charge in [-0.05, 0) is 24.6 Å². The van der Waals surface area contributed by atoms with Gasteiger partial charge in [0.25, 0.3) is 0 Å². The lowest BCUT2D eigenvalue weighted by atomic mass is 10.2. The molecule has 4 nitrogen and oxygen atoms in total. The van der Waals surface area contributed by atoms with Gasteiger partial charge in [-0.3, -0.25) is 9.69 Å². The summed E-state index contributed by atoms with van der Waals surface area (Å²) >= 11 is 6.05. The summed E-state index contributed by atoms with van der Waals surface area (Å²) in [5, 5.41) is 10.0. The molecule has 1 fully saturated rings. The number of amides is 1. The van der Waals surface area contributed by atoms with Crippen molar-refractivity contribution < 1.29 is 9.90 Å². The Bertz CT molecular complexity index is 513. The lowest BCUT2D eigenvalue weighted by molar-refractivity contribution is -0.127. The average molecular weight is 345 g/mol. The van der Waals surface area contributed by atoms with Crippen LogP contribution in [-0.4, -0.2) is 59.6 Å². The normalized spacial score (nSPS) is 17.3. The number of nitrogens with zero attached hydrogens (tertiary/aromatic N) is 2. The SMILES string of the molecule is CC(O)CN1CCN(C(=O)/C=C/c2ccccc2Cl)CC1.Cl. The highest BCUT2D eigenvalue weighted by Crippen LogP contribution is 2.16. The molecule has 1 heterocycles. The standard InChI is InChI=1S/C16H21ClN2O2.ClH/c1-13(20)12-18-8-10-19(11-9-18)16(21)7-6-14-4-2-3-5-15(14)17;/h2-7,13,20H,8-12H2,1H3;1H/b7-6+;. The van der Waals surface area contributed by atoms with Crippen molar-refractivity contribution in [2.75, 3.05) is 32.7 Å². The molecule has 0 radical (unpaired) electrons. The number of carbonyl (C=O) groups excluding carboxylic acids is 1. The zero-order valence-corrected chi connectivity index (χ0v) is 14.2. The molecule has 1 aliphatic heterocycles. The Hall–Kier alpha value is -1.07. The Morgan fingerprint density at radius 2 is 1.95 bits per heavy atom. The molecule has 0 aromatic heterocycles. The van der Waals surface area contributed by atoms with E-state index in [1.807, 2.05) is 23.1 Å². The molecule has 1 amide bonds. The number of rotatable bonds is 4. The van der Waals surface area contributed by atoms with Gasteiger partial charge in [-0.25, -0.2) is 0 Å². The van der Waals surface area contributed by atoms with Gasteiger partial charge in [0.2, 0.25) is 5.91 Å². The Morgan fingerprint density at radius 1 is 1.32 bits per heavy atom. The van der Waals surface area contributed by atoms with Gasteiger partial charge in [0.05, 0.1) is 6.10 Å². The summed E-state index contributed by atoms with van der Waals surface area (Å²) in [7, 11) is 0. The van der Waals surface area contributed by atoms with Crippen molar-refractivity contribution >= 4 is 36.0 Å². The van der Waals surface area contributed by atoms with Gasteiger partial charge in [-0.2, -0.15) is 0 Å².